The number of aromatic amines is 1. The number of hydrogen-bond acceptors (Lipinski definition) is 4. The highest BCUT2D eigenvalue weighted by molar-refractivity contribution is 7.92. The van der Waals surface area contributed by atoms with Crippen molar-refractivity contribution in [3.63, 3.8) is 0 Å². The number of rotatable bonds is 6. The van der Waals surface area contributed by atoms with E-state index in [0.29, 0.717) is 36.6 Å². The van der Waals surface area contributed by atoms with Gasteiger partial charge in [0.1, 0.15) is 5.82 Å². The second-order valence-electron chi connectivity index (χ2n) is 4.72. The van der Waals surface area contributed by atoms with Crippen molar-refractivity contribution in [2.45, 2.75) is 31.7 Å². The largest absolute Gasteiger partial charge is 0.399 e. The van der Waals surface area contributed by atoms with Gasteiger partial charge in [-0.2, -0.15) is 8.42 Å². The lowest BCUT2D eigenvalue weighted by molar-refractivity contribution is 0.586. The minimum atomic E-state index is -3.66. The summed E-state index contributed by atoms with van der Waals surface area (Å²) in [6.45, 7) is 4.22. The van der Waals surface area contributed by atoms with E-state index in [1.54, 1.807) is 24.3 Å². The molecule has 6 nitrogen and oxygen atoms in total. The molecule has 2 rings (SSSR count). The third-order valence-electron chi connectivity index (χ3n) is 3.09. The number of hydrogen-bond donors (Lipinski definition) is 2. The second-order valence-corrected chi connectivity index (χ2v) is 6.55. The molecular formula is C14H20N4O2S. The van der Waals surface area contributed by atoms with E-state index in [1.807, 2.05) is 13.8 Å². The van der Waals surface area contributed by atoms with E-state index >= 15 is 0 Å². The molecule has 0 radical (unpaired) electrons. The van der Waals surface area contributed by atoms with Gasteiger partial charge in [0.15, 0.2) is 5.03 Å². The molecule has 0 aliphatic heterocycles. The summed E-state index contributed by atoms with van der Waals surface area (Å²) in [5, 5.41) is 0.107. The number of nitrogens with zero attached hydrogens (tertiary/aromatic N) is 2. The first-order valence-electron chi connectivity index (χ1n) is 6.91. The Balaban J connectivity index is 2.45. The summed E-state index contributed by atoms with van der Waals surface area (Å²) in [7, 11) is -3.66. The van der Waals surface area contributed by atoms with Crippen molar-refractivity contribution in [1.82, 2.24) is 9.97 Å². The van der Waals surface area contributed by atoms with E-state index in [9.17, 15) is 8.42 Å². The zero-order valence-electron chi connectivity index (χ0n) is 12.2. The minimum Gasteiger partial charge on any atom is -0.399 e. The van der Waals surface area contributed by atoms with E-state index in [0.717, 1.165) is 0 Å². The van der Waals surface area contributed by atoms with E-state index in [4.69, 9.17) is 5.73 Å². The first-order valence-corrected chi connectivity index (χ1v) is 8.35. The average Bonchev–Trinajstić information content (AvgIpc) is 2.94. The Morgan fingerprint density at radius 3 is 2.67 bits per heavy atom. The molecule has 0 unspecified atom stereocenters. The molecule has 0 fully saturated rings. The number of nitrogens with one attached hydrogen (secondary N) is 1. The molecule has 0 bridgehead atoms. The van der Waals surface area contributed by atoms with E-state index < -0.39 is 10.0 Å². The molecule has 0 amide bonds. The molecule has 1 heterocycles. The lowest BCUT2D eigenvalue weighted by Gasteiger charge is -2.23. The van der Waals surface area contributed by atoms with Gasteiger partial charge in [0.05, 0.1) is 11.9 Å². The third kappa shape index (κ3) is 3.18. The predicted molar refractivity (Wildman–Crippen MR) is 83.6 cm³/mol. The molecule has 0 saturated carbocycles. The van der Waals surface area contributed by atoms with Gasteiger partial charge >= 0.3 is 0 Å². The summed E-state index contributed by atoms with van der Waals surface area (Å²) >= 11 is 0. The van der Waals surface area contributed by atoms with Crippen LogP contribution in [0.25, 0.3) is 0 Å². The second kappa shape index (κ2) is 6.17. The summed E-state index contributed by atoms with van der Waals surface area (Å²) in [5.41, 5.74) is 6.85. The summed E-state index contributed by atoms with van der Waals surface area (Å²) in [5.74, 6) is 0.651. The van der Waals surface area contributed by atoms with Crippen molar-refractivity contribution in [1.29, 1.82) is 0 Å². The van der Waals surface area contributed by atoms with Crippen LogP contribution in [0.5, 0.6) is 0 Å². The number of benzene rings is 1. The zero-order valence-corrected chi connectivity index (χ0v) is 13.0. The Kier molecular flexibility index (Phi) is 4.52. The number of nitrogens with two attached hydrogens (primary N) is 1. The molecule has 1 aromatic heterocycles. The molecular weight excluding hydrogens is 288 g/mol. The average molecular weight is 308 g/mol. The van der Waals surface area contributed by atoms with Crippen LogP contribution in [-0.2, 0) is 16.4 Å². The predicted octanol–water partition coefficient (Wildman–Crippen LogP) is 2.16. The summed E-state index contributed by atoms with van der Waals surface area (Å²) < 4.78 is 26.9. The Bertz CT molecular complexity index is 709. The van der Waals surface area contributed by atoms with Crippen LogP contribution in [0.15, 0.2) is 35.5 Å². The Morgan fingerprint density at radius 1 is 1.33 bits per heavy atom. The molecule has 3 N–H and O–H groups in total. The minimum absolute atomic E-state index is 0.107. The van der Waals surface area contributed by atoms with Gasteiger partial charge < -0.3 is 10.7 Å². The van der Waals surface area contributed by atoms with Crippen molar-refractivity contribution in [3.05, 3.63) is 36.3 Å². The van der Waals surface area contributed by atoms with Crippen LogP contribution in [0.3, 0.4) is 0 Å². The summed E-state index contributed by atoms with van der Waals surface area (Å²) in [6, 6.07) is 6.86. The highest BCUT2D eigenvalue weighted by atomic mass is 32.2. The van der Waals surface area contributed by atoms with Gasteiger partial charge in [-0.15, -0.1) is 0 Å². The first-order chi connectivity index (χ1) is 9.98. The number of imidazole rings is 1. The van der Waals surface area contributed by atoms with Crippen LogP contribution in [0, 0.1) is 0 Å². The van der Waals surface area contributed by atoms with Crippen molar-refractivity contribution >= 4 is 21.4 Å². The number of H-pyrrole nitrogens is 1. The van der Waals surface area contributed by atoms with Crippen molar-refractivity contribution in [2.24, 2.45) is 0 Å². The number of aromatic nitrogens is 2. The van der Waals surface area contributed by atoms with Crippen LogP contribution in [0.4, 0.5) is 11.4 Å². The molecule has 0 aliphatic carbocycles. The Morgan fingerprint density at radius 2 is 2.10 bits per heavy atom. The van der Waals surface area contributed by atoms with Crippen LogP contribution >= 0.6 is 0 Å². The maximum absolute atomic E-state index is 12.8. The van der Waals surface area contributed by atoms with Gasteiger partial charge in [-0.3, -0.25) is 4.31 Å². The van der Waals surface area contributed by atoms with Crippen molar-refractivity contribution in [3.8, 4) is 0 Å². The van der Waals surface area contributed by atoms with Crippen LogP contribution in [0.1, 0.15) is 26.1 Å². The van der Waals surface area contributed by atoms with Crippen molar-refractivity contribution in [2.75, 3.05) is 16.6 Å². The normalized spacial score (nSPS) is 11.5. The third-order valence-corrected chi connectivity index (χ3v) is 4.83. The SMILES string of the molecule is CCCN(c1cccc(N)c1)S(=O)(=O)c1cnc(CC)[nH]1. The fourth-order valence-electron chi connectivity index (χ4n) is 2.04. The van der Waals surface area contributed by atoms with Crippen LogP contribution in [-0.4, -0.2) is 24.9 Å². The van der Waals surface area contributed by atoms with E-state index in [1.165, 1.54) is 10.5 Å². The Hall–Kier alpha value is -2.02. The Labute approximate surface area is 125 Å². The maximum atomic E-state index is 12.8. The summed E-state index contributed by atoms with van der Waals surface area (Å²) in [4.78, 5) is 6.92. The molecule has 0 spiro atoms. The molecule has 0 atom stereocenters. The van der Waals surface area contributed by atoms with E-state index in [2.05, 4.69) is 9.97 Å². The van der Waals surface area contributed by atoms with Crippen molar-refractivity contribution < 1.29 is 8.42 Å². The first kappa shape index (κ1) is 15.4. The van der Waals surface area contributed by atoms with Crippen LogP contribution < -0.4 is 10.0 Å². The monoisotopic (exact) mass is 308 g/mol. The molecule has 21 heavy (non-hydrogen) atoms. The number of aryl methyl sites for hydroxylation is 1. The molecule has 7 heteroatoms. The van der Waals surface area contributed by atoms with Gasteiger partial charge in [-0.25, -0.2) is 4.98 Å². The highest BCUT2D eigenvalue weighted by Crippen LogP contribution is 2.24. The lowest BCUT2D eigenvalue weighted by atomic mass is 10.3. The molecule has 114 valence electrons. The van der Waals surface area contributed by atoms with Gasteiger partial charge in [-0.1, -0.05) is 19.9 Å². The summed E-state index contributed by atoms with van der Waals surface area (Å²) in [6.07, 6.45) is 2.72. The maximum Gasteiger partial charge on any atom is 0.281 e. The number of anilines is 2. The molecule has 0 saturated heterocycles. The zero-order chi connectivity index (χ0) is 15.5. The quantitative estimate of drug-likeness (QED) is 0.800. The standard InChI is InChI=1S/C14H20N4O2S/c1-3-8-18(12-7-5-6-11(15)9-12)21(19,20)14-10-16-13(4-2)17-14/h5-7,9-10H,3-4,8,15H2,1-2H3,(H,16,17). The van der Waals surface area contributed by atoms with Crippen LogP contribution in [0.2, 0.25) is 0 Å². The van der Waals surface area contributed by atoms with Gasteiger partial charge in [0.2, 0.25) is 0 Å². The molecule has 2 aromatic rings. The van der Waals surface area contributed by atoms with Gasteiger partial charge in [-0.05, 0) is 24.6 Å². The topological polar surface area (TPSA) is 92.1 Å². The number of sulfonamides is 1. The van der Waals surface area contributed by atoms with E-state index in [-0.39, 0.29) is 5.03 Å². The van der Waals surface area contributed by atoms with Gasteiger partial charge in [0, 0.05) is 18.7 Å². The molecule has 0 aliphatic rings. The fourth-order valence-corrected chi connectivity index (χ4v) is 3.53. The lowest BCUT2D eigenvalue weighted by Crippen LogP contribution is -2.32. The molecule has 1 aromatic carbocycles. The van der Waals surface area contributed by atoms with Gasteiger partial charge in [0.25, 0.3) is 10.0 Å². The smallest absolute Gasteiger partial charge is 0.281 e. The fraction of sp³-hybridized carbons (Fsp3) is 0.357. The highest BCUT2D eigenvalue weighted by Gasteiger charge is 2.26. The number of nitrogen functional groups attached to an aromatic ring is 1.